The third-order valence-electron chi connectivity index (χ3n) is 5.49. The summed E-state index contributed by atoms with van der Waals surface area (Å²) in [6.07, 6.45) is 4.27. The van der Waals surface area contributed by atoms with Crippen molar-refractivity contribution in [3.8, 4) is 11.6 Å². The topological polar surface area (TPSA) is 154 Å². The molecule has 0 aliphatic carbocycles. The first-order chi connectivity index (χ1) is 17.8. The smallest absolute Gasteiger partial charge is 0.269 e. The molecule has 0 fully saturated rings. The van der Waals surface area contributed by atoms with Crippen molar-refractivity contribution in [1.82, 2.24) is 29.5 Å². The molecule has 0 atom stereocenters. The largest absolute Gasteiger partial charge is 0.307 e. The quantitative estimate of drug-likeness (QED) is 0.207. The minimum Gasteiger partial charge on any atom is -0.307 e. The van der Waals surface area contributed by atoms with Crippen molar-refractivity contribution >= 4 is 34.5 Å². The van der Waals surface area contributed by atoms with Gasteiger partial charge in [0, 0.05) is 24.3 Å². The highest BCUT2D eigenvalue weighted by molar-refractivity contribution is 6.01. The first kappa shape index (κ1) is 23.4. The summed E-state index contributed by atoms with van der Waals surface area (Å²) in [5, 5.41) is 22.5. The molecule has 2 N–H and O–H groups in total. The van der Waals surface area contributed by atoms with Gasteiger partial charge in [0.2, 0.25) is 11.9 Å². The van der Waals surface area contributed by atoms with Crippen molar-refractivity contribution in [3.05, 3.63) is 104 Å². The van der Waals surface area contributed by atoms with Crippen LogP contribution >= 0.6 is 0 Å². The molecular formula is C25H20N8O4. The number of hydrogen-bond donors (Lipinski definition) is 2. The fraction of sp³-hybridized carbons (Fsp3) is 0.0800. The van der Waals surface area contributed by atoms with Crippen LogP contribution in [-0.4, -0.2) is 40.4 Å². The number of rotatable bonds is 6. The lowest BCUT2D eigenvalue weighted by Gasteiger charge is -2.08. The van der Waals surface area contributed by atoms with Crippen molar-refractivity contribution in [3.63, 3.8) is 0 Å². The van der Waals surface area contributed by atoms with Crippen LogP contribution in [0.4, 0.5) is 11.5 Å². The zero-order valence-electron chi connectivity index (χ0n) is 19.7. The second-order valence-corrected chi connectivity index (χ2v) is 8.28. The maximum Gasteiger partial charge on any atom is 0.269 e. The number of nitro benzene ring substituents is 1. The predicted molar refractivity (Wildman–Crippen MR) is 137 cm³/mol. The lowest BCUT2D eigenvalue weighted by Crippen LogP contribution is -2.18. The molecule has 0 spiro atoms. The summed E-state index contributed by atoms with van der Waals surface area (Å²) in [4.78, 5) is 43.0. The van der Waals surface area contributed by atoms with Gasteiger partial charge in [-0.3, -0.25) is 24.7 Å². The molecule has 0 radical (unpaired) electrons. The standard InChI is InChI=1S/C25H20N8O4/c1-15-4-3-5-19(12-15)31-23-20(14-26-31)24(35)29-25(28-23)32-21(13-16(2)30-32)27-22(34)11-8-17-6-9-18(10-7-17)33(36)37/h3-14H,1-2H3,(H,27,34)(H,28,29,35)/b11-8-. The number of nitrogens with one attached hydrogen (secondary N) is 2. The third kappa shape index (κ3) is 4.75. The van der Waals surface area contributed by atoms with Crippen LogP contribution in [0, 0.1) is 24.0 Å². The van der Waals surface area contributed by atoms with Crippen molar-refractivity contribution < 1.29 is 9.72 Å². The molecule has 0 bridgehead atoms. The molecule has 0 saturated heterocycles. The molecule has 3 heterocycles. The van der Waals surface area contributed by atoms with Crippen molar-refractivity contribution in [1.29, 1.82) is 0 Å². The number of amides is 1. The normalized spacial score (nSPS) is 11.3. The molecule has 0 aliphatic rings. The molecule has 0 unspecified atom stereocenters. The fourth-order valence-electron chi connectivity index (χ4n) is 3.75. The molecule has 5 aromatic rings. The molecule has 5 rings (SSSR count). The van der Waals surface area contributed by atoms with Gasteiger partial charge >= 0.3 is 0 Å². The molecular weight excluding hydrogens is 476 g/mol. The second-order valence-electron chi connectivity index (χ2n) is 8.28. The Morgan fingerprint density at radius 2 is 1.89 bits per heavy atom. The number of aryl methyl sites for hydroxylation is 2. The minimum absolute atomic E-state index is 0.0387. The van der Waals surface area contributed by atoms with E-state index in [0.717, 1.165) is 11.3 Å². The van der Waals surface area contributed by atoms with Gasteiger partial charge in [0.15, 0.2) is 5.65 Å². The van der Waals surface area contributed by atoms with Gasteiger partial charge in [-0.25, -0.2) is 4.68 Å². The van der Waals surface area contributed by atoms with Crippen LogP contribution in [0.2, 0.25) is 0 Å². The Morgan fingerprint density at radius 3 is 2.62 bits per heavy atom. The Morgan fingerprint density at radius 1 is 1.11 bits per heavy atom. The Bertz CT molecular complexity index is 1740. The predicted octanol–water partition coefficient (Wildman–Crippen LogP) is 3.47. The minimum atomic E-state index is -0.493. The van der Waals surface area contributed by atoms with Crippen LogP contribution in [0.5, 0.6) is 0 Å². The van der Waals surface area contributed by atoms with Gasteiger partial charge in [-0.2, -0.15) is 19.9 Å². The number of nitrogens with zero attached hydrogens (tertiary/aromatic N) is 6. The molecule has 12 nitrogen and oxygen atoms in total. The Labute approximate surface area is 209 Å². The number of anilines is 1. The molecule has 37 heavy (non-hydrogen) atoms. The maximum absolute atomic E-state index is 12.8. The van der Waals surface area contributed by atoms with Gasteiger partial charge in [-0.05, 0) is 55.3 Å². The molecule has 2 aromatic carbocycles. The van der Waals surface area contributed by atoms with Crippen LogP contribution < -0.4 is 10.9 Å². The van der Waals surface area contributed by atoms with E-state index in [2.05, 4.69) is 25.5 Å². The van der Waals surface area contributed by atoms with Gasteiger partial charge in [0.05, 0.1) is 22.5 Å². The number of benzene rings is 2. The van der Waals surface area contributed by atoms with Crippen LogP contribution in [0.3, 0.4) is 0 Å². The number of hydrogen-bond acceptors (Lipinski definition) is 7. The first-order valence-electron chi connectivity index (χ1n) is 11.1. The number of fused-ring (bicyclic) bond motifs is 1. The van der Waals surface area contributed by atoms with Gasteiger partial charge in [0.25, 0.3) is 11.2 Å². The lowest BCUT2D eigenvalue weighted by atomic mass is 10.2. The first-order valence-corrected chi connectivity index (χ1v) is 11.1. The van der Waals surface area contributed by atoms with Crippen molar-refractivity contribution in [2.45, 2.75) is 13.8 Å². The van der Waals surface area contributed by atoms with E-state index in [9.17, 15) is 19.7 Å². The molecule has 3 aromatic heterocycles. The number of carbonyl (C=O) groups excluding carboxylic acids is 1. The summed E-state index contributed by atoms with van der Waals surface area (Å²) >= 11 is 0. The zero-order valence-corrected chi connectivity index (χ0v) is 19.7. The molecule has 12 heteroatoms. The van der Waals surface area contributed by atoms with E-state index < -0.39 is 16.4 Å². The average molecular weight is 496 g/mol. The number of nitro groups is 1. The number of carbonyl (C=O) groups is 1. The highest BCUT2D eigenvalue weighted by Gasteiger charge is 2.16. The summed E-state index contributed by atoms with van der Waals surface area (Å²) < 4.78 is 2.91. The summed E-state index contributed by atoms with van der Waals surface area (Å²) in [5.41, 5.74) is 2.88. The van der Waals surface area contributed by atoms with E-state index in [-0.39, 0.29) is 11.6 Å². The maximum atomic E-state index is 12.8. The van der Waals surface area contributed by atoms with Crippen LogP contribution in [0.15, 0.2) is 71.7 Å². The highest BCUT2D eigenvalue weighted by Crippen LogP contribution is 2.19. The van der Waals surface area contributed by atoms with Gasteiger partial charge in [-0.15, -0.1) is 0 Å². The third-order valence-corrected chi connectivity index (χ3v) is 5.49. The summed E-state index contributed by atoms with van der Waals surface area (Å²) in [7, 11) is 0. The van der Waals surface area contributed by atoms with E-state index >= 15 is 0 Å². The van der Waals surface area contributed by atoms with Crippen LogP contribution in [0.1, 0.15) is 16.8 Å². The number of H-pyrrole nitrogens is 1. The average Bonchev–Trinajstić information content (AvgIpc) is 3.46. The van der Waals surface area contributed by atoms with Gasteiger partial charge in [-0.1, -0.05) is 12.1 Å². The van der Waals surface area contributed by atoms with Crippen molar-refractivity contribution in [2.75, 3.05) is 5.32 Å². The summed E-state index contributed by atoms with van der Waals surface area (Å²) in [5.74, 6) is -0.0673. The number of aromatic nitrogens is 6. The molecule has 0 aliphatic heterocycles. The monoisotopic (exact) mass is 496 g/mol. The van der Waals surface area contributed by atoms with Gasteiger partial charge in [0.1, 0.15) is 11.2 Å². The van der Waals surface area contributed by atoms with Crippen molar-refractivity contribution in [2.24, 2.45) is 0 Å². The summed E-state index contributed by atoms with van der Waals surface area (Å²) in [6.45, 7) is 3.70. The lowest BCUT2D eigenvalue weighted by molar-refractivity contribution is -0.384. The van der Waals surface area contributed by atoms with E-state index in [1.807, 2.05) is 31.2 Å². The second kappa shape index (κ2) is 9.34. The Kier molecular flexibility index (Phi) is 5.89. The van der Waals surface area contributed by atoms with E-state index in [1.54, 1.807) is 17.7 Å². The number of aromatic amines is 1. The van der Waals surface area contributed by atoms with E-state index in [1.165, 1.54) is 47.3 Å². The highest BCUT2D eigenvalue weighted by atomic mass is 16.6. The van der Waals surface area contributed by atoms with E-state index in [0.29, 0.717) is 28.1 Å². The van der Waals surface area contributed by atoms with Crippen LogP contribution in [0.25, 0.3) is 28.7 Å². The summed E-state index contributed by atoms with van der Waals surface area (Å²) in [6, 6.07) is 15.1. The zero-order chi connectivity index (χ0) is 26.1. The van der Waals surface area contributed by atoms with E-state index in [4.69, 9.17) is 0 Å². The molecule has 184 valence electrons. The molecule has 1 amide bonds. The number of non-ortho nitro benzene ring substituents is 1. The Hall–Kier alpha value is -5.39. The van der Waals surface area contributed by atoms with Crippen LogP contribution in [-0.2, 0) is 4.79 Å². The molecule has 0 saturated carbocycles. The fourth-order valence-corrected chi connectivity index (χ4v) is 3.75. The SMILES string of the molecule is Cc1cccc(-n2ncc3c(=O)[nH]c(-n4nc(C)cc4NC(=O)/C=C\c4ccc([N+](=O)[O-])cc4)nc32)c1. The van der Waals surface area contributed by atoms with Gasteiger partial charge < -0.3 is 5.32 Å². The Balaban J connectivity index is 1.46.